The Kier molecular flexibility index (Phi) is 14.4. The number of urea groups is 1. The first-order chi connectivity index (χ1) is 29.6. The Morgan fingerprint density at radius 1 is 0.820 bits per heavy atom. The molecular formula is C47H55N7O7. The van der Waals surface area contributed by atoms with E-state index in [0.29, 0.717) is 79.9 Å². The van der Waals surface area contributed by atoms with Crippen LogP contribution >= 0.6 is 0 Å². The molecule has 3 heterocycles. The minimum Gasteiger partial charge on any atom is -0.497 e. The van der Waals surface area contributed by atoms with Crippen molar-refractivity contribution >= 4 is 28.3 Å². The number of aromatic nitrogens is 4. The van der Waals surface area contributed by atoms with Crippen LogP contribution in [0.5, 0.6) is 23.1 Å². The number of aryl methyl sites for hydroxylation is 1. The van der Waals surface area contributed by atoms with E-state index in [1.54, 1.807) is 24.1 Å². The van der Waals surface area contributed by atoms with E-state index >= 15 is 0 Å². The number of benzene rings is 4. The molecular weight excluding hydrogens is 775 g/mol. The van der Waals surface area contributed by atoms with Crippen molar-refractivity contribution < 1.29 is 33.2 Å². The van der Waals surface area contributed by atoms with Gasteiger partial charge in [0.05, 0.1) is 63.8 Å². The highest BCUT2D eigenvalue weighted by Gasteiger charge is 2.22. The van der Waals surface area contributed by atoms with Gasteiger partial charge < -0.3 is 33.7 Å². The van der Waals surface area contributed by atoms with E-state index in [1.807, 2.05) is 91.9 Å². The lowest BCUT2D eigenvalue weighted by molar-refractivity contribution is 0.00519. The number of carbonyl (C=O) groups excluding carboxylic acids is 1. The molecule has 2 amide bonds. The van der Waals surface area contributed by atoms with Crippen LogP contribution in [-0.4, -0.2) is 104 Å². The van der Waals surface area contributed by atoms with Crippen molar-refractivity contribution in [3.63, 3.8) is 0 Å². The number of methoxy groups -OCH3 is 1. The minimum atomic E-state index is -0.399. The van der Waals surface area contributed by atoms with Gasteiger partial charge in [-0.15, -0.1) is 0 Å². The Labute approximate surface area is 357 Å². The number of morpholine rings is 1. The zero-order chi connectivity index (χ0) is 42.6. The highest BCUT2D eigenvalue weighted by molar-refractivity contribution is 6.07. The quantitative estimate of drug-likeness (QED) is 0.0810. The summed E-state index contributed by atoms with van der Waals surface area (Å²) in [6, 6.07) is 28.4. The van der Waals surface area contributed by atoms with Gasteiger partial charge in [0.25, 0.3) is 0 Å². The van der Waals surface area contributed by atoms with Crippen LogP contribution in [-0.2, 0) is 26.0 Å². The smallest absolute Gasteiger partial charge is 0.324 e. The first-order valence-corrected chi connectivity index (χ1v) is 20.6. The number of ether oxygens (including phenoxy) is 6. The summed E-state index contributed by atoms with van der Waals surface area (Å²) in [5.41, 5.74) is 4.16. The molecule has 7 rings (SSSR count). The van der Waals surface area contributed by atoms with Crippen molar-refractivity contribution in [3.8, 4) is 28.8 Å². The van der Waals surface area contributed by atoms with Crippen LogP contribution < -0.4 is 24.8 Å². The van der Waals surface area contributed by atoms with E-state index in [0.717, 1.165) is 66.1 Å². The van der Waals surface area contributed by atoms with Crippen LogP contribution in [0.2, 0.25) is 0 Å². The molecule has 0 unspecified atom stereocenters. The van der Waals surface area contributed by atoms with E-state index < -0.39 is 6.03 Å². The van der Waals surface area contributed by atoms with Gasteiger partial charge in [0, 0.05) is 66.6 Å². The molecule has 0 atom stereocenters. The standard InChI is InChI=1S/C47H55N7O7/c1-33-10-12-35(13-11-33)54-44(32-42(52-54)47(2,3)4)51-46(55)49-40-14-15-41(39-9-7-6-8-38(39)40)61-45-16-17-48-43(50-45)30-34-28-36(56-5)31-37(29-34)60-27-26-59-25-24-58-23-20-53-18-21-57-22-19-53/h6-17,28-29,31-32H,18-27,30H2,1-5H3,(H2,49,51,55). The molecule has 1 saturated heterocycles. The van der Waals surface area contributed by atoms with Crippen LogP contribution in [0, 0.1) is 6.92 Å². The number of carbonyl (C=O) groups is 1. The molecule has 0 radical (unpaired) electrons. The summed E-state index contributed by atoms with van der Waals surface area (Å²) < 4.78 is 36.5. The zero-order valence-corrected chi connectivity index (χ0v) is 35.6. The first kappa shape index (κ1) is 43.0. The molecule has 4 aromatic carbocycles. The van der Waals surface area contributed by atoms with Gasteiger partial charge in [-0.2, -0.15) is 10.1 Å². The van der Waals surface area contributed by atoms with E-state index in [-0.39, 0.29) is 5.41 Å². The van der Waals surface area contributed by atoms with Crippen LogP contribution in [0.3, 0.4) is 0 Å². The van der Waals surface area contributed by atoms with Gasteiger partial charge in [-0.3, -0.25) is 10.2 Å². The second kappa shape index (κ2) is 20.5. The van der Waals surface area contributed by atoms with Gasteiger partial charge in [0.2, 0.25) is 5.88 Å². The molecule has 2 aromatic heterocycles. The van der Waals surface area contributed by atoms with Gasteiger partial charge >= 0.3 is 6.03 Å². The second-order valence-electron chi connectivity index (χ2n) is 15.8. The molecule has 1 aliphatic rings. The van der Waals surface area contributed by atoms with Crippen LogP contribution in [0.25, 0.3) is 16.5 Å². The number of nitrogens with zero attached hydrogens (tertiary/aromatic N) is 5. The summed E-state index contributed by atoms with van der Waals surface area (Å²) in [6.45, 7) is 15.2. The van der Waals surface area contributed by atoms with Gasteiger partial charge in [-0.25, -0.2) is 14.5 Å². The van der Waals surface area contributed by atoms with Crippen molar-refractivity contribution in [2.24, 2.45) is 0 Å². The van der Waals surface area contributed by atoms with Crippen molar-refractivity contribution in [1.29, 1.82) is 0 Å². The number of hydrogen-bond acceptors (Lipinski definition) is 11. The van der Waals surface area contributed by atoms with Crippen molar-refractivity contribution in [2.45, 2.75) is 39.5 Å². The van der Waals surface area contributed by atoms with Crippen molar-refractivity contribution in [3.05, 3.63) is 120 Å². The molecule has 320 valence electrons. The molecule has 14 heteroatoms. The van der Waals surface area contributed by atoms with E-state index in [2.05, 4.69) is 41.3 Å². The molecule has 0 saturated carbocycles. The molecule has 6 aromatic rings. The number of nitrogens with one attached hydrogen (secondary N) is 2. The number of amides is 2. The molecule has 0 spiro atoms. The fourth-order valence-electron chi connectivity index (χ4n) is 6.77. The average molecular weight is 830 g/mol. The van der Waals surface area contributed by atoms with Crippen LogP contribution in [0.15, 0.2) is 97.2 Å². The summed E-state index contributed by atoms with van der Waals surface area (Å²) in [5, 5.41) is 12.5. The number of anilines is 2. The van der Waals surface area contributed by atoms with Crippen LogP contribution in [0.4, 0.5) is 16.3 Å². The number of fused-ring (bicyclic) bond motifs is 1. The Morgan fingerprint density at radius 2 is 1.56 bits per heavy atom. The second-order valence-corrected chi connectivity index (χ2v) is 15.8. The molecule has 1 aliphatic heterocycles. The summed E-state index contributed by atoms with van der Waals surface area (Å²) in [4.78, 5) is 25.2. The highest BCUT2D eigenvalue weighted by Crippen LogP contribution is 2.35. The predicted molar refractivity (Wildman–Crippen MR) is 236 cm³/mol. The summed E-state index contributed by atoms with van der Waals surface area (Å²) in [6.07, 6.45) is 2.09. The summed E-state index contributed by atoms with van der Waals surface area (Å²) in [5.74, 6) is 3.41. The minimum absolute atomic E-state index is 0.219. The summed E-state index contributed by atoms with van der Waals surface area (Å²) >= 11 is 0. The topological polar surface area (TPSA) is 143 Å². The maximum Gasteiger partial charge on any atom is 0.324 e. The average Bonchev–Trinajstić information content (AvgIpc) is 3.69. The Hall–Kier alpha value is -6.06. The van der Waals surface area contributed by atoms with Gasteiger partial charge in [-0.05, 0) is 48.9 Å². The van der Waals surface area contributed by atoms with E-state index in [1.165, 1.54) is 0 Å². The van der Waals surface area contributed by atoms with Gasteiger partial charge in [0.1, 0.15) is 35.5 Å². The Balaban J connectivity index is 0.955. The fraction of sp³-hybridized carbons (Fsp3) is 0.362. The first-order valence-electron chi connectivity index (χ1n) is 20.6. The maximum absolute atomic E-state index is 13.6. The lowest BCUT2D eigenvalue weighted by atomic mass is 9.92. The third kappa shape index (κ3) is 12.0. The lowest BCUT2D eigenvalue weighted by Crippen LogP contribution is -2.38. The molecule has 2 N–H and O–H groups in total. The molecule has 0 aliphatic carbocycles. The molecule has 14 nitrogen and oxygen atoms in total. The van der Waals surface area contributed by atoms with E-state index in [9.17, 15) is 4.79 Å². The van der Waals surface area contributed by atoms with Gasteiger partial charge in [0.15, 0.2) is 0 Å². The largest absolute Gasteiger partial charge is 0.497 e. The normalized spacial score (nSPS) is 13.3. The number of rotatable bonds is 18. The van der Waals surface area contributed by atoms with Crippen molar-refractivity contribution in [2.75, 3.05) is 83.6 Å². The third-order valence-electron chi connectivity index (χ3n) is 10.1. The lowest BCUT2D eigenvalue weighted by Gasteiger charge is -2.26. The predicted octanol–water partition coefficient (Wildman–Crippen LogP) is 8.20. The number of hydrogen-bond donors (Lipinski definition) is 2. The SMILES string of the molecule is COc1cc(Cc2nccc(Oc3ccc(NC(=O)Nc4cc(C(C)(C)C)nn4-c4ccc(C)cc4)c4ccccc34)n2)cc(OCCOCCOCCN2CCOCC2)c1. The Bertz CT molecular complexity index is 2370. The van der Waals surface area contributed by atoms with Crippen molar-refractivity contribution in [1.82, 2.24) is 24.6 Å². The zero-order valence-electron chi connectivity index (χ0n) is 35.6. The monoisotopic (exact) mass is 829 g/mol. The third-order valence-corrected chi connectivity index (χ3v) is 10.1. The molecule has 61 heavy (non-hydrogen) atoms. The van der Waals surface area contributed by atoms with E-state index in [4.69, 9.17) is 38.5 Å². The maximum atomic E-state index is 13.6. The van der Waals surface area contributed by atoms with Crippen LogP contribution in [0.1, 0.15) is 43.4 Å². The Morgan fingerprint density at radius 3 is 2.33 bits per heavy atom. The van der Waals surface area contributed by atoms with Gasteiger partial charge in [-0.1, -0.05) is 62.7 Å². The highest BCUT2D eigenvalue weighted by atomic mass is 16.5. The fourth-order valence-corrected chi connectivity index (χ4v) is 6.77. The molecule has 1 fully saturated rings. The summed E-state index contributed by atoms with van der Waals surface area (Å²) in [7, 11) is 1.62. The molecule has 0 bridgehead atoms.